The number of nitrogens with zero attached hydrogens (tertiary/aromatic N) is 4. The molecule has 0 saturated carbocycles. The Hall–Kier alpha value is -3.11. The lowest BCUT2D eigenvalue weighted by Crippen LogP contribution is -2.15. The van der Waals surface area contributed by atoms with Crippen molar-refractivity contribution < 1.29 is 31.1 Å². The summed E-state index contributed by atoms with van der Waals surface area (Å²) in [5, 5.41) is 3.32. The molecule has 0 atom stereocenters. The number of aromatic nitrogens is 4. The van der Waals surface area contributed by atoms with Crippen LogP contribution in [-0.4, -0.2) is 26.9 Å². The Kier molecular flexibility index (Phi) is 4.77. The third kappa shape index (κ3) is 3.92. The van der Waals surface area contributed by atoms with E-state index in [1.807, 2.05) is 0 Å². The summed E-state index contributed by atoms with van der Waals surface area (Å²) >= 11 is 0. The molecule has 0 aliphatic heterocycles. The zero-order chi connectivity index (χ0) is 20.7. The van der Waals surface area contributed by atoms with Gasteiger partial charge < -0.3 is 4.74 Å². The highest BCUT2D eigenvalue weighted by atomic mass is 19.4. The monoisotopic (exact) mass is 402 g/mol. The van der Waals surface area contributed by atoms with Gasteiger partial charge in [0.15, 0.2) is 11.4 Å². The van der Waals surface area contributed by atoms with Crippen LogP contribution >= 0.6 is 0 Å². The highest BCUT2D eigenvalue weighted by molar-refractivity contribution is 5.61. The van der Waals surface area contributed by atoms with Gasteiger partial charge in [-0.1, -0.05) is 0 Å². The standard InChI is InChI=1S/C17H12F6N4O/c1-9-7-14(17(21,22)23)26-27(9)15-24-12(8-13(25-15)16(18,19)20)10-3-5-11(28-2)6-4-10/h3-8H,1-2H3. The van der Waals surface area contributed by atoms with Crippen molar-refractivity contribution in [2.24, 2.45) is 0 Å². The van der Waals surface area contributed by atoms with Gasteiger partial charge in [-0.2, -0.15) is 31.4 Å². The third-order valence-corrected chi connectivity index (χ3v) is 3.76. The minimum atomic E-state index is -4.83. The Morgan fingerprint density at radius 2 is 1.46 bits per heavy atom. The summed E-state index contributed by atoms with van der Waals surface area (Å²) in [6.07, 6.45) is -9.58. The fourth-order valence-corrected chi connectivity index (χ4v) is 2.40. The van der Waals surface area contributed by atoms with Crippen molar-refractivity contribution in [2.45, 2.75) is 19.3 Å². The number of ether oxygens (including phenoxy) is 1. The number of hydrogen-bond donors (Lipinski definition) is 0. The van der Waals surface area contributed by atoms with Gasteiger partial charge in [-0.3, -0.25) is 0 Å². The first-order valence-electron chi connectivity index (χ1n) is 7.74. The molecule has 11 heteroatoms. The summed E-state index contributed by atoms with van der Waals surface area (Å²) in [7, 11) is 1.43. The second-order valence-electron chi connectivity index (χ2n) is 5.75. The third-order valence-electron chi connectivity index (χ3n) is 3.76. The largest absolute Gasteiger partial charge is 0.497 e. The van der Waals surface area contributed by atoms with Gasteiger partial charge in [0.05, 0.1) is 12.8 Å². The van der Waals surface area contributed by atoms with E-state index < -0.39 is 29.7 Å². The van der Waals surface area contributed by atoms with Gasteiger partial charge in [-0.05, 0) is 43.3 Å². The molecule has 1 aromatic carbocycles. The molecule has 28 heavy (non-hydrogen) atoms. The highest BCUT2D eigenvalue weighted by Crippen LogP contribution is 2.33. The first-order chi connectivity index (χ1) is 13.0. The molecule has 0 bridgehead atoms. The van der Waals surface area contributed by atoms with E-state index in [1.165, 1.54) is 38.3 Å². The van der Waals surface area contributed by atoms with Crippen LogP contribution in [0.15, 0.2) is 36.4 Å². The summed E-state index contributed by atoms with van der Waals surface area (Å²) in [6, 6.07) is 7.41. The Morgan fingerprint density at radius 3 is 1.96 bits per heavy atom. The molecular weight excluding hydrogens is 390 g/mol. The summed E-state index contributed by atoms with van der Waals surface area (Å²) in [5.41, 5.74) is -2.43. The van der Waals surface area contributed by atoms with Crippen LogP contribution in [0.4, 0.5) is 26.3 Å². The Labute approximate surface area is 154 Å². The highest BCUT2D eigenvalue weighted by Gasteiger charge is 2.36. The Balaban J connectivity index is 2.17. The van der Waals surface area contributed by atoms with E-state index >= 15 is 0 Å². The summed E-state index contributed by atoms with van der Waals surface area (Å²) < 4.78 is 84.1. The van der Waals surface area contributed by atoms with E-state index in [0.717, 1.165) is 6.07 Å². The van der Waals surface area contributed by atoms with Crippen LogP contribution in [-0.2, 0) is 12.4 Å². The van der Waals surface area contributed by atoms with Crippen LogP contribution < -0.4 is 4.74 Å². The number of methoxy groups -OCH3 is 1. The molecule has 0 aliphatic carbocycles. The fourth-order valence-electron chi connectivity index (χ4n) is 2.40. The van der Waals surface area contributed by atoms with Crippen LogP contribution in [0.25, 0.3) is 17.2 Å². The molecule has 0 spiro atoms. The lowest BCUT2D eigenvalue weighted by atomic mass is 10.1. The van der Waals surface area contributed by atoms with Gasteiger partial charge in [0.1, 0.15) is 5.75 Å². The molecule has 148 valence electrons. The first-order valence-corrected chi connectivity index (χ1v) is 7.74. The fraction of sp³-hybridized carbons (Fsp3) is 0.235. The van der Waals surface area contributed by atoms with Gasteiger partial charge in [-0.15, -0.1) is 0 Å². The molecule has 2 aromatic heterocycles. The number of halogens is 6. The van der Waals surface area contributed by atoms with Crippen LogP contribution in [0.1, 0.15) is 17.1 Å². The number of hydrogen-bond acceptors (Lipinski definition) is 4. The first kappa shape index (κ1) is 19.6. The summed E-state index contributed by atoms with van der Waals surface area (Å²) in [6.45, 7) is 1.26. The molecule has 0 aliphatic rings. The van der Waals surface area contributed by atoms with Crippen LogP contribution in [0, 0.1) is 6.92 Å². The average Bonchev–Trinajstić information content (AvgIpc) is 3.03. The van der Waals surface area contributed by atoms with Gasteiger partial charge in [0.25, 0.3) is 5.95 Å². The van der Waals surface area contributed by atoms with E-state index in [0.29, 0.717) is 22.1 Å². The molecule has 3 aromatic rings. The minimum absolute atomic E-state index is 0.0627. The lowest BCUT2D eigenvalue weighted by Gasteiger charge is -2.12. The SMILES string of the molecule is COc1ccc(-c2cc(C(F)(F)F)nc(-n3nc(C(F)(F)F)cc3C)n2)cc1. The van der Waals surface area contributed by atoms with Gasteiger partial charge in [0.2, 0.25) is 0 Å². The smallest absolute Gasteiger partial charge is 0.435 e. The topological polar surface area (TPSA) is 52.8 Å². The lowest BCUT2D eigenvalue weighted by molar-refractivity contribution is -0.142. The number of benzene rings is 1. The average molecular weight is 402 g/mol. The van der Waals surface area contributed by atoms with E-state index in [9.17, 15) is 26.3 Å². The molecule has 2 heterocycles. The summed E-state index contributed by atoms with van der Waals surface area (Å²) in [4.78, 5) is 7.34. The number of aryl methyl sites for hydroxylation is 1. The molecular formula is C17H12F6N4O. The molecule has 0 saturated heterocycles. The van der Waals surface area contributed by atoms with Crippen molar-refractivity contribution in [3.8, 4) is 23.0 Å². The second-order valence-corrected chi connectivity index (χ2v) is 5.75. The quantitative estimate of drug-likeness (QED) is 0.597. The van der Waals surface area contributed by atoms with E-state index in [4.69, 9.17) is 4.74 Å². The molecule has 0 unspecified atom stereocenters. The minimum Gasteiger partial charge on any atom is -0.497 e. The molecule has 0 radical (unpaired) electrons. The van der Waals surface area contributed by atoms with E-state index in [-0.39, 0.29) is 11.4 Å². The Morgan fingerprint density at radius 1 is 0.857 bits per heavy atom. The van der Waals surface area contributed by atoms with Gasteiger partial charge >= 0.3 is 12.4 Å². The zero-order valence-electron chi connectivity index (χ0n) is 14.4. The van der Waals surface area contributed by atoms with Crippen molar-refractivity contribution in [3.63, 3.8) is 0 Å². The van der Waals surface area contributed by atoms with Crippen LogP contribution in [0.3, 0.4) is 0 Å². The zero-order valence-corrected chi connectivity index (χ0v) is 14.4. The van der Waals surface area contributed by atoms with E-state index in [2.05, 4.69) is 15.1 Å². The van der Waals surface area contributed by atoms with E-state index in [1.54, 1.807) is 0 Å². The van der Waals surface area contributed by atoms with Crippen LogP contribution in [0.2, 0.25) is 0 Å². The molecule has 0 amide bonds. The van der Waals surface area contributed by atoms with Crippen LogP contribution in [0.5, 0.6) is 5.75 Å². The molecule has 0 N–H and O–H groups in total. The molecule has 3 rings (SSSR count). The second kappa shape index (κ2) is 6.80. The maximum atomic E-state index is 13.3. The molecule has 5 nitrogen and oxygen atoms in total. The maximum Gasteiger partial charge on any atom is 0.435 e. The maximum absolute atomic E-state index is 13.3. The predicted molar refractivity (Wildman–Crippen MR) is 85.9 cm³/mol. The number of rotatable bonds is 3. The van der Waals surface area contributed by atoms with Gasteiger partial charge in [0, 0.05) is 11.3 Å². The van der Waals surface area contributed by atoms with Crippen molar-refractivity contribution in [2.75, 3.05) is 7.11 Å². The predicted octanol–water partition coefficient (Wildman–Crippen LogP) is 4.68. The van der Waals surface area contributed by atoms with Crippen molar-refractivity contribution in [3.05, 3.63) is 53.5 Å². The Bertz CT molecular complexity index is 992. The van der Waals surface area contributed by atoms with Crippen molar-refractivity contribution in [1.82, 2.24) is 19.7 Å². The van der Waals surface area contributed by atoms with Crippen molar-refractivity contribution in [1.29, 1.82) is 0 Å². The normalized spacial score (nSPS) is 12.3. The molecule has 0 fully saturated rings. The number of alkyl halides is 6. The summed E-state index contributed by atoms with van der Waals surface area (Å²) in [5.74, 6) is -0.138. The van der Waals surface area contributed by atoms with Crippen molar-refractivity contribution >= 4 is 0 Å². The van der Waals surface area contributed by atoms with Gasteiger partial charge in [-0.25, -0.2) is 14.6 Å².